The molecule has 1 aromatic heterocycles. The van der Waals surface area contributed by atoms with E-state index in [0.717, 1.165) is 26.1 Å². The van der Waals surface area contributed by atoms with Crippen LogP contribution in [0.2, 0.25) is 0 Å². The molecular formula is C14H25N3O. The Morgan fingerprint density at radius 1 is 1.50 bits per heavy atom. The van der Waals surface area contributed by atoms with Crippen LogP contribution >= 0.6 is 0 Å². The number of hydrogen-bond donors (Lipinski definition) is 1. The summed E-state index contributed by atoms with van der Waals surface area (Å²) in [5.41, 5.74) is 1.89. The Bertz CT molecular complexity index is 358. The summed E-state index contributed by atoms with van der Waals surface area (Å²) in [5.74, 6) is 0. The lowest BCUT2D eigenvalue weighted by Gasteiger charge is -2.42. The molecule has 1 N–H and O–H groups in total. The molecule has 0 aliphatic heterocycles. The third-order valence-electron chi connectivity index (χ3n) is 4.10. The number of nitrogens with zero attached hydrogens (tertiary/aromatic N) is 2. The molecule has 0 unspecified atom stereocenters. The first-order chi connectivity index (χ1) is 8.74. The Morgan fingerprint density at radius 2 is 2.33 bits per heavy atom. The van der Waals surface area contributed by atoms with E-state index >= 15 is 0 Å². The maximum atomic E-state index is 5.07. The van der Waals surface area contributed by atoms with E-state index in [-0.39, 0.29) is 0 Å². The molecular weight excluding hydrogens is 226 g/mol. The first-order valence-corrected chi connectivity index (χ1v) is 6.91. The quantitative estimate of drug-likeness (QED) is 0.716. The molecule has 0 bridgehead atoms. The largest absolute Gasteiger partial charge is 0.383 e. The van der Waals surface area contributed by atoms with Crippen LogP contribution in [0.25, 0.3) is 0 Å². The Morgan fingerprint density at radius 3 is 2.89 bits per heavy atom. The molecule has 4 nitrogen and oxygen atoms in total. The van der Waals surface area contributed by atoms with Gasteiger partial charge in [-0.2, -0.15) is 5.10 Å². The monoisotopic (exact) mass is 251 g/mol. The highest BCUT2D eigenvalue weighted by atomic mass is 16.5. The van der Waals surface area contributed by atoms with E-state index in [2.05, 4.69) is 16.6 Å². The molecule has 18 heavy (non-hydrogen) atoms. The summed E-state index contributed by atoms with van der Waals surface area (Å²) in [4.78, 5) is 0. The van der Waals surface area contributed by atoms with Crippen LogP contribution < -0.4 is 5.32 Å². The number of hydrogen-bond acceptors (Lipinski definition) is 3. The summed E-state index contributed by atoms with van der Waals surface area (Å²) < 4.78 is 6.96. The van der Waals surface area contributed by atoms with Gasteiger partial charge in [0.15, 0.2) is 0 Å². The smallest absolute Gasteiger partial charge is 0.0587 e. The van der Waals surface area contributed by atoms with Crippen molar-refractivity contribution in [2.24, 2.45) is 12.5 Å². The molecule has 1 fully saturated rings. The number of nitrogens with one attached hydrogen (secondary N) is 1. The Kier molecular flexibility index (Phi) is 4.78. The number of aromatic nitrogens is 2. The van der Waals surface area contributed by atoms with Gasteiger partial charge in [0.1, 0.15) is 0 Å². The molecule has 0 spiro atoms. The van der Waals surface area contributed by atoms with Crippen molar-refractivity contribution in [2.75, 3.05) is 26.8 Å². The van der Waals surface area contributed by atoms with E-state index in [0.29, 0.717) is 5.41 Å². The molecule has 1 aromatic rings. The van der Waals surface area contributed by atoms with Gasteiger partial charge in [-0.25, -0.2) is 0 Å². The van der Waals surface area contributed by atoms with Gasteiger partial charge in [0.05, 0.1) is 12.8 Å². The SMILES string of the molecule is COCCNCC1(CCc2cnn(C)c2)CCC1. The topological polar surface area (TPSA) is 39.1 Å². The Hall–Kier alpha value is -0.870. The van der Waals surface area contributed by atoms with E-state index < -0.39 is 0 Å². The van der Waals surface area contributed by atoms with Crippen LogP contribution in [0.3, 0.4) is 0 Å². The predicted octanol–water partition coefficient (Wildman–Crippen LogP) is 1.76. The van der Waals surface area contributed by atoms with Crippen molar-refractivity contribution in [1.29, 1.82) is 0 Å². The van der Waals surface area contributed by atoms with E-state index in [1.807, 2.05) is 17.9 Å². The van der Waals surface area contributed by atoms with Crippen molar-refractivity contribution in [3.63, 3.8) is 0 Å². The second-order valence-electron chi connectivity index (χ2n) is 5.55. The van der Waals surface area contributed by atoms with Crippen LogP contribution in [0.4, 0.5) is 0 Å². The molecule has 0 radical (unpaired) electrons. The lowest BCUT2D eigenvalue weighted by atomic mass is 9.65. The molecule has 0 saturated heterocycles. The minimum absolute atomic E-state index is 0.531. The summed E-state index contributed by atoms with van der Waals surface area (Å²) in [5, 5.41) is 7.76. The van der Waals surface area contributed by atoms with Crippen molar-refractivity contribution in [3.05, 3.63) is 18.0 Å². The van der Waals surface area contributed by atoms with Crippen LogP contribution in [0.1, 0.15) is 31.2 Å². The first-order valence-electron chi connectivity index (χ1n) is 6.91. The van der Waals surface area contributed by atoms with Gasteiger partial charge < -0.3 is 10.1 Å². The third kappa shape index (κ3) is 3.56. The molecule has 1 aliphatic carbocycles. The molecule has 1 saturated carbocycles. The van der Waals surface area contributed by atoms with Crippen molar-refractivity contribution < 1.29 is 4.74 Å². The Balaban J connectivity index is 1.74. The van der Waals surface area contributed by atoms with Gasteiger partial charge in [0, 0.05) is 33.4 Å². The normalized spacial score (nSPS) is 17.7. The fraction of sp³-hybridized carbons (Fsp3) is 0.786. The van der Waals surface area contributed by atoms with Gasteiger partial charge in [0.25, 0.3) is 0 Å². The van der Waals surface area contributed by atoms with Crippen LogP contribution in [-0.4, -0.2) is 36.6 Å². The zero-order chi connectivity index (χ0) is 12.8. The van der Waals surface area contributed by atoms with Gasteiger partial charge in [0.2, 0.25) is 0 Å². The lowest BCUT2D eigenvalue weighted by Crippen LogP contribution is -2.41. The van der Waals surface area contributed by atoms with Gasteiger partial charge in [-0.1, -0.05) is 6.42 Å². The van der Waals surface area contributed by atoms with Gasteiger partial charge >= 0.3 is 0 Å². The molecule has 4 heteroatoms. The number of rotatable bonds is 8. The van der Waals surface area contributed by atoms with E-state index in [1.54, 1.807) is 7.11 Å². The second-order valence-corrected chi connectivity index (χ2v) is 5.55. The van der Waals surface area contributed by atoms with Crippen LogP contribution in [0, 0.1) is 5.41 Å². The standard InChI is InChI=1S/C14H25N3O/c1-17-11-13(10-16-17)4-7-14(5-3-6-14)12-15-8-9-18-2/h10-11,15H,3-9,12H2,1-2H3. The van der Waals surface area contributed by atoms with Crippen molar-refractivity contribution in [3.8, 4) is 0 Å². The molecule has 102 valence electrons. The fourth-order valence-electron chi connectivity index (χ4n) is 2.73. The molecule has 1 aliphatic rings. The van der Waals surface area contributed by atoms with Crippen molar-refractivity contribution in [1.82, 2.24) is 15.1 Å². The zero-order valence-corrected chi connectivity index (χ0v) is 11.6. The number of ether oxygens (including phenoxy) is 1. The fourth-order valence-corrected chi connectivity index (χ4v) is 2.73. The minimum atomic E-state index is 0.531. The summed E-state index contributed by atoms with van der Waals surface area (Å²) >= 11 is 0. The summed E-state index contributed by atoms with van der Waals surface area (Å²) in [7, 11) is 3.73. The van der Waals surface area contributed by atoms with Crippen molar-refractivity contribution in [2.45, 2.75) is 32.1 Å². The highest BCUT2D eigenvalue weighted by Crippen LogP contribution is 2.44. The number of methoxy groups -OCH3 is 1. The van der Waals surface area contributed by atoms with Crippen LogP contribution in [-0.2, 0) is 18.2 Å². The molecule has 0 aromatic carbocycles. The number of aryl methyl sites for hydroxylation is 2. The van der Waals surface area contributed by atoms with Gasteiger partial charge in [-0.3, -0.25) is 4.68 Å². The summed E-state index contributed by atoms with van der Waals surface area (Å²) in [6, 6.07) is 0. The van der Waals surface area contributed by atoms with Gasteiger partial charge in [-0.15, -0.1) is 0 Å². The summed E-state index contributed by atoms with van der Waals surface area (Å²) in [6.07, 6.45) is 10.7. The maximum Gasteiger partial charge on any atom is 0.0587 e. The van der Waals surface area contributed by atoms with Crippen LogP contribution in [0.5, 0.6) is 0 Å². The molecule has 0 amide bonds. The predicted molar refractivity (Wildman–Crippen MR) is 72.6 cm³/mol. The van der Waals surface area contributed by atoms with E-state index in [4.69, 9.17) is 4.74 Å². The maximum absolute atomic E-state index is 5.07. The van der Waals surface area contributed by atoms with Gasteiger partial charge in [-0.05, 0) is 36.7 Å². The Labute approximate surface area is 110 Å². The average Bonchev–Trinajstić information content (AvgIpc) is 2.72. The van der Waals surface area contributed by atoms with E-state index in [1.165, 1.54) is 31.2 Å². The summed E-state index contributed by atoms with van der Waals surface area (Å²) in [6.45, 7) is 2.90. The molecule has 0 atom stereocenters. The lowest BCUT2D eigenvalue weighted by molar-refractivity contribution is 0.111. The second kappa shape index (κ2) is 6.34. The van der Waals surface area contributed by atoms with Crippen LogP contribution in [0.15, 0.2) is 12.4 Å². The molecule has 1 heterocycles. The highest BCUT2D eigenvalue weighted by molar-refractivity contribution is 5.05. The van der Waals surface area contributed by atoms with Crippen molar-refractivity contribution >= 4 is 0 Å². The molecule has 2 rings (SSSR count). The van der Waals surface area contributed by atoms with E-state index in [9.17, 15) is 0 Å². The highest BCUT2D eigenvalue weighted by Gasteiger charge is 2.35. The average molecular weight is 251 g/mol. The zero-order valence-electron chi connectivity index (χ0n) is 11.6. The third-order valence-corrected chi connectivity index (χ3v) is 4.10. The minimum Gasteiger partial charge on any atom is -0.383 e. The first kappa shape index (κ1) is 13.6.